The van der Waals surface area contributed by atoms with Crippen LogP contribution in [0.2, 0.25) is 0 Å². The van der Waals surface area contributed by atoms with Crippen LogP contribution < -0.4 is 15.4 Å². The lowest BCUT2D eigenvalue weighted by Crippen LogP contribution is -2.39. The first-order valence-electron chi connectivity index (χ1n) is 9.58. The molecule has 2 amide bonds. The van der Waals surface area contributed by atoms with Crippen molar-refractivity contribution in [2.24, 2.45) is 5.41 Å². The third-order valence-corrected chi connectivity index (χ3v) is 5.26. The molecule has 1 saturated carbocycles. The van der Waals surface area contributed by atoms with Crippen molar-refractivity contribution < 1.29 is 14.3 Å². The van der Waals surface area contributed by atoms with Crippen LogP contribution >= 0.6 is 0 Å². The maximum Gasteiger partial charge on any atom is 0.240 e. The highest BCUT2D eigenvalue weighted by Gasteiger charge is 2.56. The molecule has 0 aliphatic heterocycles. The van der Waals surface area contributed by atoms with Gasteiger partial charge in [0.15, 0.2) is 0 Å². The molecular formula is C23H28N2O3. The van der Waals surface area contributed by atoms with Gasteiger partial charge in [-0.2, -0.15) is 0 Å². The SMILES string of the molecule is COc1ccccc1CNC(=O)C1(C(=O)Nc2ccc(C(C)(C)C)cc2)CC1. The van der Waals surface area contributed by atoms with Crippen LogP contribution in [0, 0.1) is 5.41 Å². The maximum atomic E-state index is 12.8. The Hall–Kier alpha value is -2.82. The summed E-state index contributed by atoms with van der Waals surface area (Å²) in [5.74, 6) is 0.242. The number of hydrogen-bond acceptors (Lipinski definition) is 3. The van der Waals surface area contributed by atoms with Gasteiger partial charge in [-0.05, 0) is 42.0 Å². The zero-order chi connectivity index (χ0) is 20.4. The lowest BCUT2D eigenvalue weighted by Gasteiger charge is -2.20. The Bertz CT molecular complexity index is 862. The summed E-state index contributed by atoms with van der Waals surface area (Å²) in [4.78, 5) is 25.5. The van der Waals surface area contributed by atoms with Crippen molar-refractivity contribution in [1.82, 2.24) is 5.32 Å². The fourth-order valence-electron chi connectivity index (χ4n) is 3.18. The van der Waals surface area contributed by atoms with Crippen LogP contribution in [0.3, 0.4) is 0 Å². The number of hydrogen-bond donors (Lipinski definition) is 2. The van der Waals surface area contributed by atoms with Gasteiger partial charge in [-0.1, -0.05) is 51.1 Å². The molecule has 0 bridgehead atoms. The molecule has 1 aliphatic carbocycles. The van der Waals surface area contributed by atoms with Crippen molar-refractivity contribution in [3.05, 3.63) is 59.7 Å². The van der Waals surface area contributed by atoms with Crippen molar-refractivity contribution in [1.29, 1.82) is 0 Å². The number of methoxy groups -OCH3 is 1. The quantitative estimate of drug-likeness (QED) is 0.744. The number of carbonyl (C=O) groups is 2. The summed E-state index contributed by atoms with van der Waals surface area (Å²) >= 11 is 0. The predicted octanol–water partition coefficient (Wildman–Crippen LogP) is 4.03. The minimum Gasteiger partial charge on any atom is -0.496 e. The highest BCUT2D eigenvalue weighted by atomic mass is 16.5. The largest absolute Gasteiger partial charge is 0.496 e. The number of rotatable bonds is 6. The van der Waals surface area contributed by atoms with E-state index in [1.54, 1.807) is 7.11 Å². The summed E-state index contributed by atoms with van der Waals surface area (Å²) in [6, 6.07) is 15.3. The summed E-state index contributed by atoms with van der Waals surface area (Å²) < 4.78 is 5.31. The molecule has 0 saturated heterocycles. The van der Waals surface area contributed by atoms with Gasteiger partial charge in [-0.3, -0.25) is 9.59 Å². The highest BCUT2D eigenvalue weighted by Crippen LogP contribution is 2.47. The molecule has 2 aromatic rings. The number of para-hydroxylation sites is 1. The van der Waals surface area contributed by atoms with Gasteiger partial charge < -0.3 is 15.4 Å². The molecular weight excluding hydrogens is 352 g/mol. The molecule has 1 aliphatic rings. The lowest BCUT2D eigenvalue weighted by molar-refractivity contribution is -0.134. The molecule has 3 rings (SSSR count). The first-order chi connectivity index (χ1) is 13.3. The molecule has 0 atom stereocenters. The van der Waals surface area contributed by atoms with Gasteiger partial charge in [-0.15, -0.1) is 0 Å². The number of benzene rings is 2. The van der Waals surface area contributed by atoms with Crippen molar-refractivity contribution in [3.8, 4) is 5.75 Å². The predicted molar refractivity (Wildman–Crippen MR) is 110 cm³/mol. The average Bonchev–Trinajstić information content (AvgIpc) is 3.48. The molecule has 0 radical (unpaired) electrons. The molecule has 0 aromatic heterocycles. The first kappa shape index (κ1) is 19.9. The second kappa shape index (κ2) is 7.66. The average molecular weight is 380 g/mol. The summed E-state index contributed by atoms with van der Waals surface area (Å²) in [6.07, 6.45) is 1.13. The van der Waals surface area contributed by atoms with Crippen LogP contribution in [-0.4, -0.2) is 18.9 Å². The summed E-state index contributed by atoms with van der Waals surface area (Å²) in [5.41, 5.74) is 1.87. The minimum atomic E-state index is -0.968. The Morgan fingerprint density at radius 3 is 2.21 bits per heavy atom. The summed E-state index contributed by atoms with van der Waals surface area (Å²) in [7, 11) is 1.60. The van der Waals surface area contributed by atoms with Crippen molar-refractivity contribution >= 4 is 17.5 Å². The first-order valence-corrected chi connectivity index (χ1v) is 9.58. The van der Waals surface area contributed by atoms with E-state index in [1.165, 1.54) is 5.56 Å². The second-order valence-corrected chi connectivity index (χ2v) is 8.36. The van der Waals surface area contributed by atoms with Gasteiger partial charge in [0.25, 0.3) is 0 Å². The number of carbonyl (C=O) groups excluding carboxylic acids is 2. The molecule has 0 heterocycles. The Morgan fingerprint density at radius 2 is 1.64 bits per heavy atom. The maximum absolute atomic E-state index is 12.8. The molecule has 0 unspecified atom stereocenters. The monoisotopic (exact) mass is 380 g/mol. The van der Waals surface area contributed by atoms with Crippen molar-refractivity contribution in [3.63, 3.8) is 0 Å². The van der Waals surface area contributed by atoms with E-state index in [2.05, 4.69) is 31.4 Å². The van der Waals surface area contributed by atoms with Crippen LogP contribution in [0.1, 0.15) is 44.7 Å². The number of amides is 2. The van der Waals surface area contributed by atoms with Crippen molar-refractivity contribution in [2.45, 2.75) is 45.6 Å². The number of nitrogens with one attached hydrogen (secondary N) is 2. The molecule has 28 heavy (non-hydrogen) atoms. The van der Waals surface area contributed by atoms with E-state index in [9.17, 15) is 9.59 Å². The smallest absolute Gasteiger partial charge is 0.240 e. The van der Waals surface area contributed by atoms with E-state index < -0.39 is 5.41 Å². The van der Waals surface area contributed by atoms with E-state index in [4.69, 9.17) is 4.74 Å². The molecule has 0 spiro atoms. The molecule has 2 N–H and O–H groups in total. The van der Waals surface area contributed by atoms with Crippen LogP contribution in [0.4, 0.5) is 5.69 Å². The third-order valence-electron chi connectivity index (χ3n) is 5.26. The van der Waals surface area contributed by atoms with Gasteiger partial charge >= 0.3 is 0 Å². The molecule has 1 fully saturated rings. The topological polar surface area (TPSA) is 67.4 Å². The Labute approximate surface area is 166 Å². The lowest BCUT2D eigenvalue weighted by atomic mass is 9.87. The fourth-order valence-corrected chi connectivity index (χ4v) is 3.18. The summed E-state index contributed by atoms with van der Waals surface area (Å²) in [6.45, 7) is 6.77. The molecule has 5 nitrogen and oxygen atoms in total. The van der Waals surface area contributed by atoms with Gasteiger partial charge in [0.2, 0.25) is 11.8 Å². The minimum absolute atomic E-state index is 0.0542. The Morgan fingerprint density at radius 1 is 1.00 bits per heavy atom. The van der Waals surface area contributed by atoms with E-state index in [0.717, 1.165) is 11.3 Å². The van der Waals surface area contributed by atoms with Gasteiger partial charge in [0.05, 0.1) is 7.11 Å². The highest BCUT2D eigenvalue weighted by molar-refractivity contribution is 6.13. The number of anilines is 1. The van der Waals surface area contributed by atoms with Gasteiger partial charge in [0, 0.05) is 17.8 Å². The van der Waals surface area contributed by atoms with Crippen LogP contribution in [0.15, 0.2) is 48.5 Å². The second-order valence-electron chi connectivity index (χ2n) is 8.36. The van der Waals surface area contributed by atoms with E-state index in [-0.39, 0.29) is 17.2 Å². The van der Waals surface area contributed by atoms with Crippen LogP contribution in [0.25, 0.3) is 0 Å². The third kappa shape index (κ3) is 4.19. The van der Waals surface area contributed by atoms with E-state index in [1.807, 2.05) is 48.5 Å². The van der Waals surface area contributed by atoms with Crippen molar-refractivity contribution in [2.75, 3.05) is 12.4 Å². The van der Waals surface area contributed by atoms with Gasteiger partial charge in [-0.25, -0.2) is 0 Å². The molecule has 2 aromatic carbocycles. The van der Waals surface area contributed by atoms with E-state index >= 15 is 0 Å². The van der Waals surface area contributed by atoms with Gasteiger partial charge in [0.1, 0.15) is 11.2 Å². The molecule has 148 valence electrons. The Balaban J connectivity index is 1.62. The Kier molecular flexibility index (Phi) is 5.45. The standard InChI is InChI=1S/C23H28N2O3/c1-22(2,3)17-9-11-18(12-10-17)25-21(27)23(13-14-23)20(26)24-15-16-7-5-6-8-19(16)28-4/h5-12H,13-15H2,1-4H3,(H,24,26)(H,25,27). The fraction of sp³-hybridized carbons (Fsp3) is 0.391. The summed E-state index contributed by atoms with van der Waals surface area (Å²) in [5, 5.41) is 5.79. The zero-order valence-corrected chi connectivity index (χ0v) is 17.0. The zero-order valence-electron chi connectivity index (χ0n) is 17.0. The normalized spacial score (nSPS) is 14.9. The molecule has 5 heteroatoms. The van der Waals surface area contributed by atoms with Crippen LogP contribution in [0.5, 0.6) is 5.75 Å². The van der Waals surface area contributed by atoms with E-state index in [0.29, 0.717) is 25.1 Å². The number of ether oxygens (including phenoxy) is 1. The van der Waals surface area contributed by atoms with Crippen LogP contribution in [-0.2, 0) is 21.5 Å².